The van der Waals surface area contributed by atoms with E-state index in [1.165, 1.54) is 0 Å². The summed E-state index contributed by atoms with van der Waals surface area (Å²) in [5.74, 6) is 0.847. The summed E-state index contributed by atoms with van der Waals surface area (Å²) < 4.78 is 0.790. The predicted octanol–water partition coefficient (Wildman–Crippen LogP) is 4.91. The molecular weight excluding hydrogens is 323 g/mol. The smallest absolute Gasteiger partial charge is 0.129 e. The lowest BCUT2D eigenvalue weighted by atomic mass is 10.1. The van der Waals surface area contributed by atoms with Gasteiger partial charge >= 0.3 is 0 Å². The largest absolute Gasteiger partial charge is 0.373 e. The molecular formula is C12H11BrCl2N2. The SMILES string of the molecule is CCc1cc2cc(Br)c(Cl)c(Cl)c2nc1NC. The molecule has 0 aliphatic rings. The number of aromatic nitrogens is 1. The van der Waals surface area contributed by atoms with E-state index in [0.29, 0.717) is 10.0 Å². The molecule has 0 saturated carbocycles. The van der Waals surface area contributed by atoms with Gasteiger partial charge in [0.05, 0.1) is 15.6 Å². The Morgan fingerprint density at radius 1 is 1.29 bits per heavy atom. The third kappa shape index (κ3) is 2.24. The van der Waals surface area contributed by atoms with E-state index >= 15 is 0 Å². The molecule has 2 nitrogen and oxygen atoms in total. The van der Waals surface area contributed by atoms with Crippen molar-refractivity contribution in [2.75, 3.05) is 12.4 Å². The van der Waals surface area contributed by atoms with Crippen molar-refractivity contribution in [2.45, 2.75) is 13.3 Å². The second kappa shape index (κ2) is 5.01. The predicted molar refractivity (Wildman–Crippen MR) is 78.4 cm³/mol. The third-order valence-corrected chi connectivity index (χ3v) is 4.35. The van der Waals surface area contributed by atoms with Gasteiger partial charge < -0.3 is 5.32 Å². The van der Waals surface area contributed by atoms with Gasteiger partial charge in [0.1, 0.15) is 5.82 Å². The zero-order chi connectivity index (χ0) is 12.6. The Bertz CT molecular complexity index is 584. The molecule has 1 N–H and O–H groups in total. The third-order valence-electron chi connectivity index (χ3n) is 2.64. The molecule has 1 heterocycles. The molecule has 0 fully saturated rings. The summed E-state index contributed by atoms with van der Waals surface area (Å²) in [7, 11) is 1.85. The quantitative estimate of drug-likeness (QED) is 0.790. The molecule has 1 aromatic heterocycles. The summed E-state index contributed by atoms with van der Waals surface area (Å²) in [4.78, 5) is 4.52. The Morgan fingerprint density at radius 2 is 2.00 bits per heavy atom. The van der Waals surface area contributed by atoms with Crippen molar-refractivity contribution in [3.63, 3.8) is 0 Å². The maximum atomic E-state index is 6.20. The number of fused-ring (bicyclic) bond motifs is 1. The van der Waals surface area contributed by atoms with Gasteiger partial charge in [-0.25, -0.2) is 4.98 Å². The minimum Gasteiger partial charge on any atom is -0.373 e. The number of hydrogen-bond acceptors (Lipinski definition) is 2. The van der Waals surface area contributed by atoms with Crippen LogP contribution < -0.4 is 5.32 Å². The van der Waals surface area contributed by atoms with Crippen LogP contribution in [0.5, 0.6) is 0 Å². The Morgan fingerprint density at radius 3 is 2.59 bits per heavy atom. The molecule has 0 aliphatic carbocycles. The summed E-state index contributed by atoms with van der Waals surface area (Å²) in [6.07, 6.45) is 0.914. The highest BCUT2D eigenvalue weighted by Crippen LogP contribution is 2.37. The number of rotatable bonds is 2. The van der Waals surface area contributed by atoms with E-state index in [1.54, 1.807) is 0 Å². The average Bonchev–Trinajstić information content (AvgIpc) is 2.34. The Labute approximate surface area is 118 Å². The summed E-state index contributed by atoms with van der Waals surface area (Å²) in [5, 5.41) is 5.04. The Hall–Kier alpha value is -0.510. The van der Waals surface area contributed by atoms with Gasteiger partial charge in [0.15, 0.2) is 0 Å². The zero-order valence-electron chi connectivity index (χ0n) is 9.44. The van der Waals surface area contributed by atoms with E-state index in [-0.39, 0.29) is 0 Å². The van der Waals surface area contributed by atoms with Gasteiger partial charge in [0, 0.05) is 16.9 Å². The molecule has 0 radical (unpaired) electrons. The number of anilines is 1. The Kier molecular flexibility index (Phi) is 3.81. The lowest BCUT2D eigenvalue weighted by molar-refractivity contribution is 1.12. The van der Waals surface area contributed by atoms with Crippen molar-refractivity contribution in [1.29, 1.82) is 0 Å². The molecule has 2 rings (SSSR count). The number of aryl methyl sites for hydroxylation is 1. The lowest BCUT2D eigenvalue weighted by Gasteiger charge is -2.11. The first-order valence-electron chi connectivity index (χ1n) is 5.23. The first-order valence-corrected chi connectivity index (χ1v) is 6.78. The van der Waals surface area contributed by atoms with Crippen molar-refractivity contribution in [3.8, 4) is 0 Å². The van der Waals surface area contributed by atoms with Crippen molar-refractivity contribution in [2.24, 2.45) is 0 Å². The molecule has 1 aromatic carbocycles. The van der Waals surface area contributed by atoms with E-state index < -0.39 is 0 Å². The van der Waals surface area contributed by atoms with Crippen molar-refractivity contribution in [3.05, 3.63) is 32.2 Å². The highest BCUT2D eigenvalue weighted by molar-refractivity contribution is 9.10. The van der Waals surface area contributed by atoms with Crippen molar-refractivity contribution < 1.29 is 0 Å². The number of nitrogens with zero attached hydrogens (tertiary/aromatic N) is 1. The number of hydrogen-bond donors (Lipinski definition) is 1. The van der Waals surface area contributed by atoms with E-state index in [0.717, 1.165) is 33.2 Å². The molecule has 0 saturated heterocycles. The zero-order valence-corrected chi connectivity index (χ0v) is 12.5. The maximum absolute atomic E-state index is 6.20. The number of benzene rings is 1. The maximum Gasteiger partial charge on any atom is 0.129 e. The monoisotopic (exact) mass is 332 g/mol. The van der Waals surface area contributed by atoms with Crippen LogP contribution >= 0.6 is 39.1 Å². The van der Waals surface area contributed by atoms with Gasteiger partial charge in [-0.15, -0.1) is 0 Å². The summed E-state index contributed by atoms with van der Waals surface area (Å²) >= 11 is 15.7. The fraction of sp³-hybridized carbons (Fsp3) is 0.250. The minimum atomic E-state index is 0.482. The van der Waals surface area contributed by atoms with E-state index in [1.807, 2.05) is 13.1 Å². The Balaban J connectivity index is 2.83. The average molecular weight is 334 g/mol. The number of pyridine rings is 1. The molecule has 0 amide bonds. The van der Waals surface area contributed by atoms with Gasteiger partial charge in [-0.05, 0) is 40.0 Å². The number of nitrogens with one attached hydrogen (secondary N) is 1. The van der Waals surface area contributed by atoms with Gasteiger partial charge in [-0.2, -0.15) is 0 Å². The molecule has 0 unspecified atom stereocenters. The summed E-state index contributed by atoms with van der Waals surface area (Å²) in [5.41, 5.74) is 1.88. The first-order chi connectivity index (χ1) is 8.08. The molecule has 2 aromatic rings. The summed E-state index contributed by atoms with van der Waals surface area (Å²) in [6, 6.07) is 4.02. The normalized spacial score (nSPS) is 10.9. The molecule has 5 heteroatoms. The molecule has 0 atom stereocenters. The van der Waals surface area contributed by atoms with Crippen LogP contribution in [0.1, 0.15) is 12.5 Å². The molecule has 0 spiro atoms. The molecule has 0 bridgehead atoms. The standard InChI is InChI=1S/C12H11BrCl2N2/c1-3-6-4-7-5-8(13)9(14)10(15)11(7)17-12(6)16-2/h4-5H,3H2,1-2H3,(H,16,17). The highest BCUT2D eigenvalue weighted by atomic mass is 79.9. The van der Waals surface area contributed by atoms with Crippen LogP contribution in [0.15, 0.2) is 16.6 Å². The van der Waals surface area contributed by atoms with E-state index in [4.69, 9.17) is 23.2 Å². The highest BCUT2D eigenvalue weighted by Gasteiger charge is 2.12. The molecule has 90 valence electrons. The van der Waals surface area contributed by atoms with Gasteiger partial charge in [0.25, 0.3) is 0 Å². The van der Waals surface area contributed by atoms with Crippen molar-refractivity contribution in [1.82, 2.24) is 4.98 Å². The molecule has 17 heavy (non-hydrogen) atoms. The molecule has 0 aliphatic heterocycles. The minimum absolute atomic E-state index is 0.482. The van der Waals surface area contributed by atoms with Gasteiger partial charge in [0.2, 0.25) is 0 Å². The lowest BCUT2D eigenvalue weighted by Crippen LogP contribution is -1.99. The van der Waals surface area contributed by atoms with Crippen LogP contribution in [-0.4, -0.2) is 12.0 Å². The second-order valence-electron chi connectivity index (χ2n) is 3.66. The van der Waals surface area contributed by atoms with Crippen LogP contribution in [0.2, 0.25) is 10.0 Å². The fourth-order valence-corrected chi connectivity index (χ4v) is 2.71. The summed E-state index contributed by atoms with van der Waals surface area (Å²) in [6.45, 7) is 2.09. The number of halogens is 3. The second-order valence-corrected chi connectivity index (χ2v) is 5.27. The van der Waals surface area contributed by atoms with E-state index in [9.17, 15) is 0 Å². The van der Waals surface area contributed by atoms with Gasteiger partial charge in [-0.3, -0.25) is 0 Å². The van der Waals surface area contributed by atoms with Crippen LogP contribution in [0.4, 0.5) is 5.82 Å². The van der Waals surface area contributed by atoms with Crippen LogP contribution in [0.25, 0.3) is 10.9 Å². The fourth-order valence-electron chi connectivity index (χ4n) is 1.75. The van der Waals surface area contributed by atoms with E-state index in [2.05, 4.69) is 39.2 Å². The first kappa shape index (κ1) is 12.9. The van der Waals surface area contributed by atoms with Crippen LogP contribution in [-0.2, 0) is 6.42 Å². The van der Waals surface area contributed by atoms with Crippen LogP contribution in [0.3, 0.4) is 0 Å². The topological polar surface area (TPSA) is 24.9 Å². The van der Waals surface area contributed by atoms with Gasteiger partial charge in [-0.1, -0.05) is 30.1 Å². The van der Waals surface area contributed by atoms with Crippen LogP contribution in [0, 0.1) is 0 Å². The van der Waals surface area contributed by atoms with Crippen molar-refractivity contribution >= 4 is 55.9 Å².